The van der Waals surface area contributed by atoms with Crippen molar-refractivity contribution in [3.63, 3.8) is 0 Å². The van der Waals surface area contributed by atoms with Crippen LogP contribution in [-0.4, -0.2) is 61.1 Å². The molecule has 9 heteroatoms. The van der Waals surface area contributed by atoms with E-state index >= 15 is 0 Å². The number of esters is 1. The lowest BCUT2D eigenvalue weighted by Gasteiger charge is -2.30. The van der Waals surface area contributed by atoms with E-state index in [0.29, 0.717) is 4.90 Å². The van der Waals surface area contributed by atoms with E-state index in [4.69, 9.17) is 4.74 Å². The first-order valence-electron chi connectivity index (χ1n) is 6.56. The quantitative estimate of drug-likeness (QED) is 0.727. The highest BCUT2D eigenvalue weighted by molar-refractivity contribution is 5.82. The molecule has 0 aromatic rings. The molecule has 1 heterocycles. The lowest BCUT2D eigenvalue weighted by atomic mass is 9.99. The van der Waals surface area contributed by atoms with Crippen LogP contribution in [0.25, 0.3) is 0 Å². The average molecular weight is 327 g/mol. The molecular weight excluding hydrogens is 307 g/mol. The molecule has 1 aliphatic heterocycles. The summed E-state index contributed by atoms with van der Waals surface area (Å²) in [6.45, 7) is 3.88. The van der Waals surface area contributed by atoms with E-state index in [9.17, 15) is 22.8 Å². The standard InChI is InChI=1S/C13H20F3NO5/c1-11(2,3)22-10(19)17-7-12(21-5,13(14,15)16)6-8(17)9(18)20-4/h8H,6-7H2,1-5H3. The number of amides is 1. The molecule has 1 aliphatic rings. The van der Waals surface area contributed by atoms with Gasteiger partial charge in [0.05, 0.1) is 13.7 Å². The Morgan fingerprint density at radius 2 is 1.73 bits per heavy atom. The third-order valence-corrected chi connectivity index (χ3v) is 3.33. The van der Waals surface area contributed by atoms with Gasteiger partial charge in [0.15, 0.2) is 5.60 Å². The van der Waals surface area contributed by atoms with Gasteiger partial charge in [-0.25, -0.2) is 9.59 Å². The fourth-order valence-electron chi connectivity index (χ4n) is 2.20. The number of alkyl halides is 3. The van der Waals surface area contributed by atoms with Gasteiger partial charge in [-0.2, -0.15) is 13.2 Å². The fraction of sp³-hybridized carbons (Fsp3) is 0.846. The van der Waals surface area contributed by atoms with E-state index in [0.717, 1.165) is 14.2 Å². The van der Waals surface area contributed by atoms with Crippen molar-refractivity contribution < 1.29 is 37.0 Å². The largest absolute Gasteiger partial charge is 0.467 e. The molecule has 22 heavy (non-hydrogen) atoms. The van der Waals surface area contributed by atoms with Gasteiger partial charge in [-0.05, 0) is 20.8 Å². The summed E-state index contributed by atoms with van der Waals surface area (Å²) < 4.78 is 54.0. The highest BCUT2D eigenvalue weighted by atomic mass is 19.4. The molecule has 0 aliphatic carbocycles. The van der Waals surface area contributed by atoms with Gasteiger partial charge in [0.1, 0.15) is 11.6 Å². The second-order valence-electron chi connectivity index (χ2n) is 6.05. The lowest BCUT2D eigenvalue weighted by molar-refractivity contribution is -0.263. The summed E-state index contributed by atoms with van der Waals surface area (Å²) in [6.07, 6.45) is -6.50. The number of likely N-dealkylation sites (tertiary alicyclic amines) is 1. The zero-order valence-corrected chi connectivity index (χ0v) is 13.1. The molecule has 1 amide bonds. The van der Waals surface area contributed by atoms with Gasteiger partial charge < -0.3 is 14.2 Å². The Labute approximate surface area is 126 Å². The van der Waals surface area contributed by atoms with Crippen LogP contribution in [0.3, 0.4) is 0 Å². The number of nitrogens with zero attached hydrogens (tertiary/aromatic N) is 1. The van der Waals surface area contributed by atoms with E-state index in [-0.39, 0.29) is 0 Å². The Bertz CT molecular complexity index is 446. The maximum Gasteiger partial charge on any atom is 0.419 e. The third-order valence-electron chi connectivity index (χ3n) is 3.33. The first-order chi connectivity index (χ1) is 9.87. The monoisotopic (exact) mass is 327 g/mol. The van der Waals surface area contributed by atoms with Gasteiger partial charge in [0.2, 0.25) is 0 Å². The maximum atomic E-state index is 13.3. The molecule has 0 aromatic carbocycles. The summed E-state index contributed by atoms with van der Waals surface area (Å²) >= 11 is 0. The maximum absolute atomic E-state index is 13.3. The molecule has 0 aromatic heterocycles. The molecule has 0 spiro atoms. The molecule has 0 radical (unpaired) electrons. The smallest absolute Gasteiger partial charge is 0.419 e. The summed E-state index contributed by atoms with van der Waals surface area (Å²) in [5, 5.41) is 0. The van der Waals surface area contributed by atoms with Gasteiger partial charge in [-0.3, -0.25) is 4.90 Å². The molecule has 128 valence electrons. The minimum atomic E-state index is -4.75. The van der Waals surface area contributed by atoms with Gasteiger partial charge in [-0.1, -0.05) is 0 Å². The highest BCUT2D eigenvalue weighted by Crippen LogP contribution is 2.43. The molecule has 0 N–H and O–H groups in total. The van der Waals surface area contributed by atoms with E-state index in [1.807, 2.05) is 0 Å². The van der Waals surface area contributed by atoms with E-state index < -0.39 is 48.4 Å². The molecule has 2 atom stereocenters. The zero-order valence-electron chi connectivity index (χ0n) is 13.1. The van der Waals surface area contributed by atoms with Crippen LogP contribution in [0.2, 0.25) is 0 Å². The predicted molar refractivity (Wildman–Crippen MR) is 69.2 cm³/mol. The van der Waals surface area contributed by atoms with Gasteiger partial charge >= 0.3 is 18.2 Å². The summed E-state index contributed by atoms with van der Waals surface area (Å²) in [7, 11) is 1.93. The number of rotatable bonds is 2. The van der Waals surface area contributed by atoms with Crippen LogP contribution in [0.15, 0.2) is 0 Å². The third kappa shape index (κ3) is 3.63. The SMILES string of the molecule is COC(=O)C1CC(OC)(C(F)(F)F)CN1C(=O)OC(C)(C)C. The second-order valence-corrected chi connectivity index (χ2v) is 6.05. The topological polar surface area (TPSA) is 65.1 Å². The number of methoxy groups -OCH3 is 2. The molecule has 1 saturated heterocycles. The van der Waals surface area contributed by atoms with Crippen molar-refractivity contribution in [1.82, 2.24) is 4.90 Å². The first kappa shape index (κ1) is 18.5. The number of ether oxygens (including phenoxy) is 3. The van der Waals surface area contributed by atoms with E-state index in [1.165, 1.54) is 0 Å². The molecule has 2 unspecified atom stereocenters. The summed E-state index contributed by atoms with van der Waals surface area (Å²) in [5.41, 5.74) is -3.53. The Morgan fingerprint density at radius 3 is 2.09 bits per heavy atom. The van der Waals surface area contributed by atoms with Crippen LogP contribution < -0.4 is 0 Å². The van der Waals surface area contributed by atoms with Crippen molar-refractivity contribution in [3.05, 3.63) is 0 Å². The molecule has 0 bridgehead atoms. The molecule has 0 saturated carbocycles. The van der Waals surface area contributed by atoms with Crippen LogP contribution in [0.5, 0.6) is 0 Å². The van der Waals surface area contributed by atoms with E-state index in [2.05, 4.69) is 9.47 Å². The minimum absolute atomic E-state index is 0.702. The summed E-state index contributed by atoms with van der Waals surface area (Å²) in [4.78, 5) is 24.5. The molecule has 1 fully saturated rings. The second kappa shape index (κ2) is 5.94. The number of carbonyl (C=O) groups is 2. The van der Waals surface area contributed by atoms with Gasteiger partial charge in [0.25, 0.3) is 0 Å². The van der Waals surface area contributed by atoms with Crippen molar-refractivity contribution in [2.45, 2.75) is 50.6 Å². The highest BCUT2D eigenvalue weighted by Gasteiger charge is 2.64. The number of carbonyl (C=O) groups excluding carboxylic acids is 2. The minimum Gasteiger partial charge on any atom is -0.467 e. The Balaban J connectivity index is 3.13. The van der Waals surface area contributed by atoms with Crippen LogP contribution in [0.1, 0.15) is 27.2 Å². The predicted octanol–water partition coefficient (Wildman–Crippen LogP) is 2.12. The van der Waals surface area contributed by atoms with Crippen molar-refractivity contribution in [2.75, 3.05) is 20.8 Å². The number of hydrogen-bond donors (Lipinski definition) is 0. The normalized spacial score (nSPS) is 26.0. The summed E-state index contributed by atoms with van der Waals surface area (Å²) in [5.74, 6) is -0.950. The van der Waals surface area contributed by atoms with Crippen molar-refractivity contribution in [1.29, 1.82) is 0 Å². The van der Waals surface area contributed by atoms with Crippen molar-refractivity contribution >= 4 is 12.1 Å². The van der Waals surface area contributed by atoms with E-state index in [1.54, 1.807) is 20.8 Å². The molecule has 6 nitrogen and oxygen atoms in total. The van der Waals surface area contributed by atoms with Crippen molar-refractivity contribution in [2.24, 2.45) is 0 Å². The van der Waals surface area contributed by atoms with Crippen LogP contribution >= 0.6 is 0 Å². The molecule has 1 rings (SSSR count). The Hall–Kier alpha value is -1.51. The average Bonchev–Trinajstić information content (AvgIpc) is 2.76. The Kier molecular flexibility index (Phi) is 5.01. The Morgan fingerprint density at radius 1 is 1.18 bits per heavy atom. The fourth-order valence-corrected chi connectivity index (χ4v) is 2.20. The molecular formula is C13H20F3NO5. The first-order valence-corrected chi connectivity index (χ1v) is 6.56. The summed E-state index contributed by atoms with van der Waals surface area (Å²) in [6, 6.07) is -1.42. The van der Waals surface area contributed by atoms with Gasteiger partial charge in [0, 0.05) is 13.5 Å². The zero-order chi connectivity index (χ0) is 17.3. The van der Waals surface area contributed by atoms with Crippen LogP contribution in [0.4, 0.5) is 18.0 Å². The lowest BCUT2D eigenvalue weighted by Crippen LogP contribution is -2.50. The van der Waals surface area contributed by atoms with Crippen LogP contribution in [0, 0.1) is 0 Å². The number of hydrogen-bond acceptors (Lipinski definition) is 5. The van der Waals surface area contributed by atoms with Crippen LogP contribution in [-0.2, 0) is 19.0 Å². The number of halogens is 3. The van der Waals surface area contributed by atoms with Crippen molar-refractivity contribution in [3.8, 4) is 0 Å². The van der Waals surface area contributed by atoms with Gasteiger partial charge in [-0.15, -0.1) is 0 Å².